The number of hydrogen-bond acceptors (Lipinski definition) is 6. The normalized spacial score (nSPS) is 15.1. The molecule has 8 heteroatoms. The van der Waals surface area contributed by atoms with E-state index in [2.05, 4.69) is 33.1 Å². The summed E-state index contributed by atoms with van der Waals surface area (Å²) in [5.74, 6) is 1.20. The number of amides is 1. The van der Waals surface area contributed by atoms with Gasteiger partial charge in [0.15, 0.2) is 0 Å². The SMILES string of the molecule is Cc1sc2nc(CSC(C)C(=O)N(C)Cc3ccccc3N3CCCCC3)[nH]c(=O)c2c1C. The van der Waals surface area contributed by atoms with Crippen LogP contribution in [0.4, 0.5) is 5.69 Å². The number of thioether (sulfide) groups is 1. The summed E-state index contributed by atoms with van der Waals surface area (Å²) in [6, 6.07) is 8.42. The topological polar surface area (TPSA) is 69.3 Å². The highest BCUT2D eigenvalue weighted by Crippen LogP contribution is 2.28. The fourth-order valence-corrected chi connectivity index (χ4v) is 6.29. The van der Waals surface area contributed by atoms with Crippen molar-refractivity contribution >= 4 is 44.9 Å². The number of aryl methyl sites for hydroxylation is 2. The minimum Gasteiger partial charge on any atom is -0.371 e. The Balaban J connectivity index is 1.40. The molecule has 0 aliphatic carbocycles. The van der Waals surface area contributed by atoms with Gasteiger partial charge in [-0.25, -0.2) is 4.98 Å². The maximum atomic E-state index is 13.1. The van der Waals surface area contributed by atoms with E-state index in [4.69, 9.17) is 0 Å². The molecule has 3 aromatic rings. The summed E-state index contributed by atoms with van der Waals surface area (Å²) in [5, 5.41) is 0.451. The van der Waals surface area contributed by atoms with Gasteiger partial charge in [-0.1, -0.05) is 18.2 Å². The highest BCUT2D eigenvalue weighted by molar-refractivity contribution is 7.99. The Morgan fingerprint density at radius 2 is 1.97 bits per heavy atom. The summed E-state index contributed by atoms with van der Waals surface area (Å²) in [6.07, 6.45) is 3.75. The van der Waals surface area contributed by atoms with Crippen LogP contribution in [0.1, 0.15) is 48.0 Å². The molecule has 1 atom stereocenters. The van der Waals surface area contributed by atoms with Gasteiger partial charge in [-0.2, -0.15) is 0 Å². The maximum absolute atomic E-state index is 13.1. The lowest BCUT2D eigenvalue weighted by atomic mass is 10.1. The second kappa shape index (κ2) is 10.3. The van der Waals surface area contributed by atoms with Gasteiger partial charge >= 0.3 is 0 Å². The maximum Gasteiger partial charge on any atom is 0.259 e. The number of carbonyl (C=O) groups excluding carboxylic acids is 1. The minimum absolute atomic E-state index is 0.0830. The van der Waals surface area contributed by atoms with Crippen LogP contribution in [0, 0.1) is 13.8 Å². The molecule has 4 rings (SSSR count). The van der Waals surface area contributed by atoms with Gasteiger partial charge in [0.1, 0.15) is 10.7 Å². The number of thiophene rings is 1. The van der Waals surface area contributed by atoms with Gasteiger partial charge < -0.3 is 14.8 Å². The van der Waals surface area contributed by atoms with Crippen LogP contribution in [0.3, 0.4) is 0 Å². The van der Waals surface area contributed by atoms with Crippen molar-refractivity contribution in [2.45, 2.75) is 57.6 Å². The number of anilines is 1. The number of hydrogen-bond donors (Lipinski definition) is 1. The van der Waals surface area contributed by atoms with Crippen molar-refractivity contribution < 1.29 is 4.79 Å². The third-order valence-electron chi connectivity index (χ3n) is 6.38. The van der Waals surface area contributed by atoms with Crippen molar-refractivity contribution in [3.05, 3.63) is 56.4 Å². The van der Waals surface area contributed by atoms with Crippen molar-refractivity contribution in [1.29, 1.82) is 0 Å². The summed E-state index contributed by atoms with van der Waals surface area (Å²) in [6.45, 7) is 8.65. The second-order valence-electron chi connectivity index (χ2n) is 8.80. The summed E-state index contributed by atoms with van der Waals surface area (Å²) >= 11 is 3.05. The van der Waals surface area contributed by atoms with Crippen LogP contribution >= 0.6 is 23.1 Å². The van der Waals surface area contributed by atoms with Gasteiger partial charge in [-0.3, -0.25) is 9.59 Å². The lowest BCUT2D eigenvalue weighted by Crippen LogP contribution is -2.34. The summed E-state index contributed by atoms with van der Waals surface area (Å²) in [7, 11) is 1.87. The minimum atomic E-state index is -0.232. The molecule has 1 unspecified atom stereocenters. The largest absolute Gasteiger partial charge is 0.371 e. The van der Waals surface area contributed by atoms with E-state index in [1.165, 1.54) is 42.3 Å². The highest BCUT2D eigenvalue weighted by Gasteiger charge is 2.21. The molecule has 0 bridgehead atoms. The molecule has 176 valence electrons. The molecule has 1 saturated heterocycles. The number of para-hydroxylation sites is 1. The Morgan fingerprint density at radius 3 is 2.73 bits per heavy atom. The van der Waals surface area contributed by atoms with Gasteiger partial charge in [-0.05, 0) is 57.2 Å². The van der Waals surface area contributed by atoms with Crippen LogP contribution in [-0.2, 0) is 17.1 Å². The van der Waals surface area contributed by atoms with Crippen molar-refractivity contribution in [3.8, 4) is 0 Å². The fraction of sp³-hybridized carbons (Fsp3) is 0.480. The highest BCUT2D eigenvalue weighted by atomic mass is 32.2. The number of aromatic amines is 1. The van der Waals surface area contributed by atoms with Crippen LogP contribution in [0.5, 0.6) is 0 Å². The zero-order valence-electron chi connectivity index (χ0n) is 19.8. The summed E-state index contributed by atoms with van der Waals surface area (Å²) in [5.41, 5.74) is 3.34. The van der Waals surface area contributed by atoms with Gasteiger partial charge in [0.2, 0.25) is 5.91 Å². The molecule has 6 nitrogen and oxygen atoms in total. The molecule has 0 radical (unpaired) electrons. The number of aromatic nitrogens is 2. The zero-order valence-corrected chi connectivity index (χ0v) is 21.4. The van der Waals surface area contributed by atoms with E-state index in [1.54, 1.807) is 11.3 Å². The van der Waals surface area contributed by atoms with Crippen molar-refractivity contribution in [1.82, 2.24) is 14.9 Å². The summed E-state index contributed by atoms with van der Waals surface area (Å²) < 4.78 is 0. The quantitative estimate of drug-likeness (QED) is 0.518. The number of fused-ring (bicyclic) bond motifs is 1. The van der Waals surface area contributed by atoms with Crippen LogP contribution in [0.25, 0.3) is 10.2 Å². The van der Waals surface area contributed by atoms with Gasteiger partial charge in [0.05, 0.1) is 16.4 Å². The van der Waals surface area contributed by atoms with E-state index in [0.717, 1.165) is 28.4 Å². The van der Waals surface area contributed by atoms with E-state index in [0.29, 0.717) is 23.5 Å². The van der Waals surface area contributed by atoms with E-state index in [-0.39, 0.29) is 16.7 Å². The molecule has 0 saturated carbocycles. The third-order valence-corrected chi connectivity index (χ3v) is 8.62. The fourth-order valence-electron chi connectivity index (χ4n) is 4.37. The first kappa shape index (κ1) is 23.8. The van der Waals surface area contributed by atoms with Crippen molar-refractivity contribution in [2.75, 3.05) is 25.0 Å². The van der Waals surface area contributed by atoms with E-state index in [9.17, 15) is 9.59 Å². The number of nitrogens with one attached hydrogen (secondary N) is 1. The van der Waals surface area contributed by atoms with Crippen molar-refractivity contribution in [2.24, 2.45) is 0 Å². The monoisotopic (exact) mass is 484 g/mol. The molecule has 1 N–H and O–H groups in total. The molecule has 1 aromatic carbocycles. The number of nitrogens with zero attached hydrogens (tertiary/aromatic N) is 3. The van der Waals surface area contributed by atoms with Crippen LogP contribution in [0.15, 0.2) is 29.1 Å². The Labute approximate surface area is 203 Å². The Hall–Kier alpha value is -2.32. The third kappa shape index (κ3) is 5.27. The van der Waals surface area contributed by atoms with Crippen LogP contribution in [0.2, 0.25) is 0 Å². The van der Waals surface area contributed by atoms with E-state index in [1.807, 2.05) is 38.8 Å². The number of rotatable bonds is 7. The van der Waals surface area contributed by atoms with Gasteiger partial charge in [0, 0.05) is 37.2 Å². The van der Waals surface area contributed by atoms with Gasteiger partial charge in [0.25, 0.3) is 5.56 Å². The summed E-state index contributed by atoms with van der Waals surface area (Å²) in [4.78, 5) is 39.3. The second-order valence-corrected chi connectivity index (χ2v) is 11.3. The Kier molecular flexibility index (Phi) is 7.44. The number of H-pyrrole nitrogens is 1. The Morgan fingerprint density at radius 1 is 1.24 bits per heavy atom. The first-order valence-electron chi connectivity index (χ1n) is 11.5. The number of benzene rings is 1. The van der Waals surface area contributed by atoms with Gasteiger partial charge in [-0.15, -0.1) is 23.1 Å². The standard InChI is InChI=1S/C25H32N4O2S2/c1-16-17(2)33-24-22(16)23(30)26-21(27-24)15-32-18(3)25(31)28(4)14-19-10-6-7-11-20(19)29-12-8-5-9-13-29/h6-7,10-11,18H,5,8-9,12-15H2,1-4H3,(H,26,27,30). The average molecular weight is 485 g/mol. The van der Waals surface area contributed by atoms with E-state index < -0.39 is 0 Å². The Bertz CT molecular complexity index is 1200. The molecule has 1 aliphatic heterocycles. The van der Waals surface area contributed by atoms with Crippen molar-refractivity contribution in [3.63, 3.8) is 0 Å². The molecule has 33 heavy (non-hydrogen) atoms. The molecular weight excluding hydrogens is 452 g/mol. The molecule has 2 aromatic heterocycles. The van der Waals surface area contributed by atoms with E-state index >= 15 is 0 Å². The molecule has 0 spiro atoms. The molecule has 1 fully saturated rings. The first-order chi connectivity index (χ1) is 15.8. The lowest BCUT2D eigenvalue weighted by molar-refractivity contribution is -0.129. The average Bonchev–Trinajstić information content (AvgIpc) is 3.11. The number of piperidine rings is 1. The predicted octanol–water partition coefficient (Wildman–Crippen LogP) is 4.87. The molecule has 1 amide bonds. The van der Waals surface area contributed by atoms with Crippen LogP contribution in [-0.4, -0.2) is 46.2 Å². The molecule has 1 aliphatic rings. The number of carbonyl (C=O) groups is 1. The first-order valence-corrected chi connectivity index (χ1v) is 13.4. The lowest BCUT2D eigenvalue weighted by Gasteiger charge is -2.31. The van der Waals surface area contributed by atoms with Crippen LogP contribution < -0.4 is 10.5 Å². The zero-order chi connectivity index (χ0) is 23.5. The molecule has 3 heterocycles. The smallest absolute Gasteiger partial charge is 0.259 e. The predicted molar refractivity (Wildman–Crippen MR) is 139 cm³/mol. The molecular formula is C25H32N4O2S2.